The fourth-order valence-corrected chi connectivity index (χ4v) is 2.21. The Morgan fingerprint density at radius 3 is 2.72 bits per heavy atom. The number of methoxy groups -OCH3 is 2. The lowest BCUT2D eigenvalue weighted by atomic mass is 10.3. The van der Waals surface area contributed by atoms with Gasteiger partial charge in [0.05, 0.1) is 25.8 Å². The Morgan fingerprint density at radius 2 is 2.04 bits per heavy atom. The van der Waals surface area contributed by atoms with Crippen LogP contribution in [0.2, 0.25) is 0 Å². The van der Waals surface area contributed by atoms with E-state index < -0.39 is 5.97 Å². The van der Waals surface area contributed by atoms with Gasteiger partial charge in [-0.25, -0.2) is 9.07 Å². The molecule has 0 aliphatic carbocycles. The van der Waals surface area contributed by atoms with Gasteiger partial charge in [-0.15, -0.1) is 0 Å². The van der Waals surface area contributed by atoms with E-state index in [1.54, 1.807) is 24.4 Å². The maximum absolute atomic E-state index is 13.3. The number of benzene rings is 1. The number of carbonyl (C=O) groups excluding carboxylic acids is 2. The van der Waals surface area contributed by atoms with Gasteiger partial charge in [0.25, 0.3) is 5.91 Å². The van der Waals surface area contributed by atoms with Gasteiger partial charge in [0.1, 0.15) is 5.82 Å². The summed E-state index contributed by atoms with van der Waals surface area (Å²) in [4.78, 5) is 25.4. The molecule has 0 unspecified atom stereocenters. The van der Waals surface area contributed by atoms with Crippen LogP contribution in [0.4, 0.5) is 4.39 Å². The van der Waals surface area contributed by atoms with E-state index in [0.29, 0.717) is 18.8 Å². The summed E-state index contributed by atoms with van der Waals surface area (Å²) in [6, 6.07) is 7.45. The van der Waals surface area contributed by atoms with Gasteiger partial charge in [-0.1, -0.05) is 6.07 Å². The Hall–Kier alpha value is -2.74. The van der Waals surface area contributed by atoms with Crippen molar-refractivity contribution in [2.45, 2.75) is 6.42 Å². The lowest BCUT2D eigenvalue weighted by Crippen LogP contribution is -2.36. The minimum Gasteiger partial charge on any atom is -0.469 e. The Labute approximate surface area is 144 Å². The summed E-state index contributed by atoms with van der Waals surface area (Å²) in [7, 11) is 2.83. The molecule has 0 spiro atoms. The normalized spacial score (nSPS) is 10.5. The van der Waals surface area contributed by atoms with Crippen LogP contribution < -0.4 is 0 Å². The lowest BCUT2D eigenvalue weighted by molar-refractivity contribution is -0.140. The van der Waals surface area contributed by atoms with E-state index in [1.807, 2.05) is 0 Å². The van der Waals surface area contributed by atoms with Gasteiger partial charge in [0, 0.05) is 26.4 Å². The monoisotopic (exact) mass is 349 g/mol. The smallest absolute Gasteiger partial charge is 0.307 e. The van der Waals surface area contributed by atoms with Crippen molar-refractivity contribution in [1.29, 1.82) is 0 Å². The van der Waals surface area contributed by atoms with Crippen LogP contribution in [-0.4, -0.2) is 60.5 Å². The van der Waals surface area contributed by atoms with Crippen LogP contribution in [0.15, 0.2) is 36.5 Å². The highest BCUT2D eigenvalue weighted by Crippen LogP contribution is 2.11. The van der Waals surface area contributed by atoms with E-state index in [9.17, 15) is 14.0 Å². The van der Waals surface area contributed by atoms with E-state index in [2.05, 4.69) is 9.84 Å². The van der Waals surface area contributed by atoms with Crippen molar-refractivity contribution >= 4 is 11.9 Å². The Kier molecular flexibility index (Phi) is 6.64. The number of esters is 1. The molecule has 1 aromatic carbocycles. The molecule has 1 heterocycles. The number of hydrogen-bond acceptors (Lipinski definition) is 5. The largest absolute Gasteiger partial charge is 0.469 e. The molecule has 0 atom stereocenters. The summed E-state index contributed by atoms with van der Waals surface area (Å²) < 4.78 is 24.3. The molecule has 0 aliphatic rings. The number of hydrogen-bond donors (Lipinski definition) is 0. The molecule has 0 radical (unpaired) electrons. The van der Waals surface area contributed by atoms with Crippen LogP contribution in [-0.2, 0) is 14.3 Å². The Balaban J connectivity index is 2.13. The van der Waals surface area contributed by atoms with E-state index in [0.717, 1.165) is 0 Å². The first-order chi connectivity index (χ1) is 12.0. The second-order valence-corrected chi connectivity index (χ2v) is 5.24. The van der Waals surface area contributed by atoms with Crippen molar-refractivity contribution in [2.24, 2.45) is 0 Å². The van der Waals surface area contributed by atoms with Crippen molar-refractivity contribution in [3.63, 3.8) is 0 Å². The number of ether oxygens (including phenoxy) is 2. The predicted molar refractivity (Wildman–Crippen MR) is 87.9 cm³/mol. The molecular formula is C17H20FN3O4. The van der Waals surface area contributed by atoms with Crippen LogP contribution in [0, 0.1) is 5.82 Å². The summed E-state index contributed by atoms with van der Waals surface area (Å²) in [6.07, 6.45) is 1.66. The van der Waals surface area contributed by atoms with Gasteiger partial charge < -0.3 is 14.4 Å². The molecule has 8 heteroatoms. The molecule has 0 bridgehead atoms. The molecule has 0 fully saturated rings. The number of nitrogens with zero attached hydrogens (tertiary/aromatic N) is 3. The van der Waals surface area contributed by atoms with Crippen molar-refractivity contribution in [3.8, 4) is 5.69 Å². The Morgan fingerprint density at radius 1 is 1.24 bits per heavy atom. The number of amides is 1. The molecule has 7 nitrogen and oxygen atoms in total. The molecule has 0 aliphatic heterocycles. The minimum atomic E-state index is -0.402. The van der Waals surface area contributed by atoms with E-state index >= 15 is 0 Å². The van der Waals surface area contributed by atoms with Gasteiger partial charge >= 0.3 is 5.97 Å². The third kappa shape index (κ3) is 5.12. The average molecular weight is 349 g/mol. The van der Waals surface area contributed by atoms with Crippen LogP contribution in [0.3, 0.4) is 0 Å². The quantitative estimate of drug-likeness (QED) is 0.678. The summed E-state index contributed by atoms with van der Waals surface area (Å²) in [5, 5.41) is 4.20. The highest BCUT2D eigenvalue weighted by molar-refractivity contribution is 5.92. The van der Waals surface area contributed by atoms with Crippen molar-refractivity contribution in [1.82, 2.24) is 14.7 Å². The number of carbonyl (C=O) groups is 2. The van der Waals surface area contributed by atoms with Crippen LogP contribution in [0.1, 0.15) is 16.9 Å². The van der Waals surface area contributed by atoms with Crippen molar-refractivity contribution in [2.75, 3.05) is 33.9 Å². The van der Waals surface area contributed by atoms with E-state index in [1.165, 1.54) is 35.9 Å². The predicted octanol–water partition coefficient (Wildman–Crippen LogP) is 1.66. The second-order valence-electron chi connectivity index (χ2n) is 5.24. The first-order valence-electron chi connectivity index (χ1n) is 7.71. The highest BCUT2D eigenvalue weighted by Gasteiger charge is 2.19. The molecule has 0 saturated carbocycles. The number of aromatic nitrogens is 2. The highest BCUT2D eigenvalue weighted by atomic mass is 19.1. The standard InChI is InChI=1S/C17H20FN3O4/c1-24-11-10-20(8-7-16(22)25-2)17(23)15-6-9-21(19-15)14-5-3-4-13(18)12-14/h3-6,9,12H,7-8,10-11H2,1-2H3. The summed E-state index contributed by atoms with van der Waals surface area (Å²) in [5.41, 5.74) is 0.710. The molecule has 0 saturated heterocycles. The molecule has 2 rings (SSSR count). The molecule has 2 aromatic rings. The zero-order valence-electron chi connectivity index (χ0n) is 14.1. The van der Waals surface area contributed by atoms with Gasteiger partial charge in [-0.2, -0.15) is 5.10 Å². The van der Waals surface area contributed by atoms with Crippen LogP contribution >= 0.6 is 0 Å². The SMILES string of the molecule is COCCN(CCC(=O)OC)C(=O)c1ccn(-c2cccc(F)c2)n1. The van der Waals surface area contributed by atoms with Gasteiger partial charge in [0.15, 0.2) is 5.69 Å². The maximum atomic E-state index is 13.3. The summed E-state index contributed by atoms with van der Waals surface area (Å²) in [5.74, 6) is -1.13. The molecule has 1 amide bonds. The Bertz CT molecular complexity index is 732. The van der Waals surface area contributed by atoms with E-state index in [-0.39, 0.29) is 30.4 Å². The number of rotatable bonds is 8. The number of halogens is 1. The second kappa shape index (κ2) is 8.93. The van der Waals surface area contributed by atoms with Crippen molar-refractivity contribution in [3.05, 3.63) is 48.0 Å². The topological polar surface area (TPSA) is 73.7 Å². The van der Waals surface area contributed by atoms with Gasteiger partial charge in [0.2, 0.25) is 0 Å². The third-order valence-corrected chi connectivity index (χ3v) is 3.55. The molecule has 0 N–H and O–H groups in total. The minimum absolute atomic E-state index is 0.0799. The first-order valence-corrected chi connectivity index (χ1v) is 7.71. The molecule has 25 heavy (non-hydrogen) atoms. The van der Waals surface area contributed by atoms with E-state index in [4.69, 9.17) is 4.74 Å². The zero-order chi connectivity index (χ0) is 18.2. The fraction of sp³-hybridized carbons (Fsp3) is 0.353. The fourth-order valence-electron chi connectivity index (χ4n) is 2.21. The maximum Gasteiger partial charge on any atom is 0.307 e. The summed E-state index contributed by atoms with van der Waals surface area (Å²) in [6.45, 7) is 0.846. The van der Waals surface area contributed by atoms with Crippen LogP contribution in [0.25, 0.3) is 5.69 Å². The zero-order valence-corrected chi connectivity index (χ0v) is 14.1. The first kappa shape index (κ1) is 18.6. The molecule has 134 valence electrons. The van der Waals surface area contributed by atoms with Gasteiger partial charge in [-0.3, -0.25) is 9.59 Å². The molecule has 1 aromatic heterocycles. The average Bonchev–Trinajstić information content (AvgIpc) is 3.11. The molecular weight excluding hydrogens is 329 g/mol. The summed E-state index contributed by atoms with van der Waals surface area (Å²) >= 11 is 0. The third-order valence-electron chi connectivity index (χ3n) is 3.55. The lowest BCUT2D eigenvalue weighted by Gasteiger charge is -2.20. The van der Waals surface area contributed by atoms with Gasteiger partial charge in [-0.05, 0) is 24.3 Å². The van der Waals surface area contributed by atoms with Crippen LogP contribution in [0.5, 0.6) is 0 Å². The van der Waals surface area contributed by atoms with Crippen molar-refractivity contribution < 1.29 is 23.5 Å².